The molecule has 1 fully saturated rings. The van der Waals surface area contributed by atoms with Crippen LogP contribution in [0, 0.1) is 5.92 Å². The average Bonchev–Trinajstić information content (AvgIpc) is 2.49. The number of anilines is 1. The van der Waals surface area contributed by atoms with Gasteiger partial charge in [-0.2, -0.15) is 0 Å². The molecule has 1 aromatic rings. The SMILES string of the molecule is CNC(=O)Cc1ccc(NC(=O)N2CCCC(C)C2)cc1. The van der Waals surface area contributed by atoms with Crippen molar-refractivity contribution in [3.05, 3.63) is 29.8 Å². The van der Waals surface area contributed by atoms with Crippen molar-refractivity contribution in [2.75, 3.05) is 25.5 Å². The van der Waals surface area contributed by atoms with Crippen molar-refractivity contribution in [1.29, 1.82) is 0 Å². The van der Waals surface area contributed by atoms with E-state index in [0.717, 1.165) is 30.8 Å². The molecule has 0 radical (unpaired) electrons. The number of nitrogens with zero attached hydrogens (tertiary/aromatic N) is 1. The standard InChI is InChI=1S/C16H23N3O2/c1-12-4-3-9-19(11-12)16(21)18-14-7-5-13(6-8-14)10-15(20)17-2/h5-8,12H,3-4,9-11H2,1-2H3,(H,17,20)(H,18,21). The maximum Gasteiger partial charge on any atom is 0.321 e. The van der Waals surface area contributed by atoms with Crippen LogP contribution in [0.1, 0.15) is 25.3 Å². The number of likely N-dealkylation sites (tertiary alicyclic amines) is 1. The number of rotatable bonds is 3. The van der Waals surface area contributed by atoms with Crippen LogP contribution in [0.4, 0.5) is 10.5 Å². The summed E-state index contributed by atoms with van der Waals surface area (Å²) in [7, 11) is 1.62. The lowest BCUT2D eigenvalue weighted by molar-refractivity contribution is -0.119. The van der Waals surface area contributed by atoms with Crippen LogP contribution in [-0.4, -0.2) is 37.0 Å². The number of hydrogen-bond acceptors (Lipinski definition) is 2. The van der Waals surface area contributed by atoms with Crippen LogP contribution in [-0.2, 0) is 11.2 Å². The molecule has 1 aliphatic heterocycles. The molecular formula is C16H23N3O2. The molecule has 1 saturated heterocycles. The zero-order valence-electron chi connectivity index (χ0n) is 12.7. The summed E-state index contributed by atoms with van der Waals surface area (Å²) in [6, 6.07) is 7.36. The molecule has 0 bridgehead atoms. The molecule has 3 amide bonds. The van der Waals surface area contributed by atoms with Gasteiger partial charge < -0.3 is 15.5 Å². The van der Waals surface area contributed by atoms with Gasteiger partial charge >= 0.3 is 6.03 Å². The van der Waals surface area contributed by atoms with E-state index >= 15 is 0 Å². The van der Waals surface area contributed by atoms with Gasteiger partial charge in [-0.15, -0.1) is 0 Å². The minimum Gasteiger partial charge on any atom is -0.359 e. The zero-order valence-corrected chi connectivity index (χ0v) is 12.7. The summed E-state index contributed by atoms with van der Waals surface area (Å²) in [5, 5.41) is 5.51. The van der Waals surface area contributed by atoms with Crippen molar-refractivity contribution >= 4 is 17.6 Å². The average molecular weight is 289 g/mol. The van der Waals surface area contributed by atoms with Crippen LogP contribution in [0.25, 0.3) is 0 Å². The number of hydrogen-bond donors (Lipinski definition) is 2. The molecule has 0 aliphatic carbocycles. The fraction of sp³-hybridized carbons (Fsp3) is 0.500. The first-order chi connectivity index (χ1) is 10.1. The van der Waals surface area contributed by atoms with Gasteiger partial charge in [0, 0.05) is 25.8 Å². The summed E-state index contributed by atoms with van der Waals surface area (Å²) in [6.07, 6.45) is 2.62. The Bertz CT molecular complexity index is 499. The molecule has 114 valence electrons. The highest BCUT2D eigenvalue weighted by molar-refractivity contribution is 5.89. The molecule has 1 aromatic carbocycles. The Labute approximate surface area is 125 Å². The smallest absolute Gasteiger partial charge is 0.321 e. The van der Waals surface area contributed by atoms with Crippen molar-refractivity contribution in [2.45, 2.75) is 26.2 Å². The third-order valence-electron chi connectivity index (χ3n) is 3.79. The zero-order chi connectivity index (χ0) is 15.2. The number of piperidine rings is 1. The molecule has 1 unspecified atom stereocenters. The Kier molecular flexibility index (Phi) is 5.20. The first-order valence-electron chi connectivity index (χ1n) is 7.44. The van der Waals surface area contributed by atoms with Crippen LogP contribution in [0.15, 0.2) is 24.3 Å². The Hall–Kier alpha value is -2.04. The van der Waals surface area contributed by atoms with Gasteiger partial charge in [0.05, 0.1) is 6.42 Å². The molecule has 5 heteroatoms. The number of amides is 3. The normalized spacial score (nSPS) is 18.2. The lowest BCUT2D eigenvalue weighted by Gasteiger charge is -2.30. The summed E-state index contributed by atoms with van der Waals surface area (Å²) in [6.45, 7) is 3.82. The highest BCUT2D eigenvalue weighted by atomic mass is 16.2. The molecule has 0 spiro atoms. The molecule has 2 N–H and O–H groups in total. The second kappa shape index (κ2) is 7.11. The molecular weight excluding hydrogens is 266 g/mol. The Balaban J connectivity index is 1.90. The second-order valence-corrected chi connectivity index (χ2v) is 5.67. The quantitative estimate of drug-likeness (QED) is 0.896. The minimum absolute atomic E-state index is 0.0194. The van der Waals surface area contributed by atoms with Crippen LogP contribution < -0.4 is 10.6 Å². The van der Waals surface area contributed by atoms with E-state index in [4.69, 9.17) is 0 Å². The van der Waals surface area contributed by atoms with Crippen LogP contribution in [0.3, 0.4) is 0 Å². The summed E-state index contributed by atoms with van der Waals surface area (Å²) in [5.41, 5.74) is 1.69. The minimum atomic E-state index is -0.0411. The van der Waals surface area contributed by atoms with Crippen molar-refractivity contribution in [3.63, 3.8) is 0 Å². The van der Waals surface area contributed by atoms with E-state index in [9.17, 15) is 9.59 Å². The van der Waals surface area contributed by atoms with Gasteiger partial charge in [0.2, 0.25) is 5.91 Å². The third kappa shape index (κ3) is 4.48. The van der Waals surface area contributed by atoms with Crippen LogP contribution in [0.2, 0.25) is 0 Å². The van der Waals surface area contributed by atoms with E-state index in [-0.39, 0.29) is 11.9 Å². The number of urea groups is 1. The van der Waals surface area contributed by atoms with E-state index in [1.165, 1.54) is 6.42 Å². The summed E-state index contributed by atoms with van der Waals surface area (Å²) < 4.78 is 0. The Morgan fingerprint density at radius 3 is 2.62 bits per heavy atom. The molecule has 0 aromatic heterocycles. The van der Waals surface area contributed by atoms with Gasteiger partial charge in [0.1, 0.15) is 0 Å². The van der Waals surface area contributed by atoms with Crippen LogP contribution >= 0.6 is 0 Å². The predicted octanol–water partition coefficient (Wildman–Crippen LogP) is 2.24. The van der Waals surface area contributed by atoms with Gasteiger partial charge in [0.25, 0.3) is 0 Å². The molecule has 1 atom stereocenters. The van der Waals surface area contributed by atoms with Crippen molar-refractivity contribution in [2.24, 2.45) is 5.92 Å². The van der Waals surface area contributed by atoms with Gasteiger partial charge in [-0.1, -0.05) is 19.1 Å². The number of benzene rings is 1. The van der Waals surface area contributed by atoms with Crippen molar-refractivity contribution < 1.29 is 9.59 Å². The number of carbonyl (C=O) groups excluding carboxylic acids is 2. The highest BCUT2D eigenvalue weighted by Gasteiger charge is 2.20. The van der Waals surface area contributed by atoms with Crippen LogP contribution in [0.5, 0.6) is 0 Å². The number of carbonyl (C=O) groups is 2. The summed E-state index contributed by atoms with van der Waals surface area (Å²) >= 11 is 0. The monoisotopic (exact) mass is 289 g/mol. The summed E-state index contributed by atoms with van der Waals surface area (Å²) in [4.78, 5) is 25.3. The lowest BCUT2D eigenvalue weighted by Crippen LogP contribution is -2.41. The van der Waals surface area contributed by atoms with Gasteiger partial charge in [0.15, 0.2) is 0 Å². The molecule has 2 rings (SSSR count). The molecule has 1 heterocycles. The molecule has 1 aliphatic rings. The van der Waals surface area contributed by atoms with Gasteiger partial charge in [-0.3, -0.25) is 4.79 Å². The van der Waals surface area contributed by atoms with E-state index in [1.807, 2.05) is 29.2 Å². The summed E-state index contributed by atoms with van der Waals surface area (Å²) in [5.74, 6) is 0.550. The van der Waals surface area contributed by atoms with Crippen molar-refractivity contribution in [3.8, 4) is 0 Å². The fourth-order valence-corrected chi connectivity index (χ4v) is 2.56. The molecule has 5 nitrogen and oxygen atoms in total. The van der Waals surface area contributed by atoms with E-state index in [0.29, 0.717) is 12.3 Å². The molecule has 21 heavy (non-hydrogen) atoms. The fourth-order valence-electron chi connectivity index (χ4n) is 2.56. The maximum absolute atomic E-state index is 12.2. The Morgan fingerprint density at radius 1 is 1.29 bits per heavy atom. The highest BCUT2D eigenvalue weighted by Crippen LogP contribution is 2.17. The predicted molar refractivity (Wildman–Crippen MR) is 83.2 cm³/mol. The number of likely N-dealkylation sites (N-methyl/N-ethyl adjacent to an activating group) is 1. The first-order valence-corrected chi connectivity index (χ1v) is 7.44. The Morgan fingerprint density at radius 2 is 2.00 bits per heavy atom. The van der Waals surface area contributed by atoms with Gasteiger partial charge in [-0.25, -0.2) is 4.79 Å². The first kappa shape index (κ1) is 15.4. The third-order valence-corrected chi connectivity index (χ3v) is 3.79. The maximum atomic E-state index is 12.2. The number of nitrogens with one attached hydrogen (secondary N) is 2. The largest absolute Gasteiger partial charge is 0.359 e. The lowest BCUT2D eigenvalue weighted by atomic mass is 10.0. The second-order valence-electron chi connectivity index (χ2n) is 5.67. The van der Waals surface area contributed by atoms with Crippen molar-refractivity contribution in [1.82, 2.24) is 10.2 Å². The van der Waals surface area contributed by atoms with E-state index < -0.39 is 0 Å². The topological polar surface area (TPSA) is 61.4 Å². The van der Waals surface area contributed by atoms with Gasteiger partial charge in [-0.05, 0) is 36.5 Å². The van der Waals surface area contributed by atoms with E-state index in [1.54, 1.807) is 7.05 Å². The van der Waals surface area contributed by atoms with E-state index in [2.05, 4.69) is 17.6 Å². The molecule has 0 saturated carbocycles.